The molecule has 0 saturated carbocycles. The lowest BCUT2D eigenvalue weighted by Crippen LogP contribution is -2.47. The maximum atomic E-state index is 5.11. The molecule has 5 nitrogen and oxygen atoms in total. The topological polar surface area (TPSA) is 41.5 Å². The monoisotopic (exact) mass is 318 g/mol. The summed E-state index contributed by atoms with van der Waals surface area (Å²) < 4.78 is 5.11. The molecule has 0 radical (unpaired) electrons. The zero-order chi connectivity index (χ0) is 15.4. The molecule has 0 aromatic carbocycles. The summed E-state index contributed by atoms with van der Waals surface area (Å²) in [5.41, 5.74) is 2.40. The molecule has 0 unspecified atom stereocenters. The van der Waals surface area contributed by atoms with Gasteiger partial charge in [0.25, 0.3) is 0 Å². The van der Waals surface area contributed by atoms with Crippen LogP contribution in [0.4, 0.5) is 5.69 Å². The Kier molecular flexibility index (Phi) is 4.90. The van der Waals surface area contributed by atoms with Gasteiger partial charge in [-0.15, -0.1) is 11.3 Å². The molecule has 0 N–H and O–H groups in total. The van der Waals surface area contributed by atoms with E-state index in [9.17, 15) is 0 Å². The van der Waals surface area contributed by atoms with E-state index in [2.05, 4.69) is 38.1 Å². The molecule has 2 aromatic heterocycles. The second kappa shape index (κ2) is 7.07. The van der Waals surface area contributed by atoms with Crippen molar-refractivity contribution in [3.8, 4) is 5.88 Å². The van der Waals surface area contributed by atoms with Gasteiger partial charge in [0, 0.05) is 50.6 Å². The van der Waals surface area contributed by atoms with Gasteiger partial charge in [0.15, 0.2) is 0 Å². The molecule has 22 heavy (non-hydrogen) atoms. The lowest BCUT2D eigenvalue weighted by Gasteiger charge is -2.35. The van der Waals surface area contributed by atoms with E-state index in [1.54, 1.807) is 18.4 Å². The summed E-state index contributed by atoms with van der Waals surface area (Å²) in [6.07, 6.45) is 2.95. The molecule has 2 aromatic rings. The summed E-state index contributed by atoms with van der Waals surface area (Å²) in [5, 5.41) is 3.33. The summed E-state index contributed by atoms with van der Waals surface area (Å²) >= 11 is 1.74. The smallest absolute Gasteiger partial charge is 0.213 e. The third-order valence-electron chi connectivity index (χ3n) is 4.02. The lowest BCUT2D eigenvalue weighted by atomic mass is 10.2. The average molecular weight is 318 g/mol. The first-order chi connectivity index (χ1) is 10.7. The summed E-state index contributed by atoms with van der Waals surface area (Å²) in [4.78, 5) is 13.7. The number of piperazine rings is 1. The minimum atomic E-state index is 0.668. The van der Waals surface area contributed by atoms with Gasteiger partial charge in [0.05, 0.1) is 29.7 Å². The van der Waals surface area contributed by atoms with Crippen LogP contribution in [0.5, 0.6) is 5.88 Å². The quantitative estimate of drug-likeness (QED) is 0.845. The van der Waals surface area contributed by atoms with E-state index in [0.29, 0.717) is 5.88 Å². The first-order valence-corrected chi connectivity index (χ1v) is 8.51. The molecule has 6 heteroatoms. The van der Waals surface area contributed by atoms with Crippen molar-refractivity contribution in [3.63, 3.8) is 0 Å². The average Bonchev–Trinajstić information content (AvgIpc) is 2.99. The summed E-state index contributed by atoms with van der Waals surface area (Å²) in [7, 11) is 1.64. The van der Waals surface area contributed by atoms with E-state index in [0.717, 1.165) is 44.2 Å². The predicted molar refractivity (Wildman–Crippen MR) is 90.0 cm³/mol. The SMILES string of the molecule is COc1ccc(N2CCN(CCc3csc(C)n3)CC2)cn1. The second-order valence-electron chi connectivity index (χ2n) is 5.50. The van der Waals surface area contributed by atoms with Crippen LogP contribution in [0, 0.1) is 6.92 Å². The summed E-state index contributed by atoms with van der Waals surface area (Å²) in [5.74, 6) is 0.668. The van der Waals surface area contributed by atoms with Gasteiger partial charge in [-0.05, 0) is 13.0 Å². The van der Waals surface area contributed by atoms with Crippen molar-refractivity contribution in [2.75, 3.05) is 44.7 Å². The Morgan fingerprint density at radius 3 is 2.64 bits per heavy atom. The highest BCUT2D eigenvalue weighted by molar-refractivity contribution is 7.09. The van der Waals surface area contributed by atoms with Crippen LogP contribution in [0.3, 0.4) is 0 Å². The molecule has 1 fully saturated rings. The van der Waals surface area contributed by atoms with Crippen LogP contribution in [-0.4, -0.2) is 54.7 Å². The fraction of sp³-hybridized carbons (Fsp3) is 0.500. The molecule has 3 heterocycles. The van der Waals surface area contributed by atoms with E-state index >= 15 is 0 Å². The standard InChI is InChI=1S/C16H22N4OS/c1-13-18-14(12-22-13)5-6-19-7-9-20(10-8-19)15-3-4-16(21-2)17-11-15/h3-4,11-12H,5-10H2,1-2H3. The summed E-state index contributed by atoms with van der Waals surface area (Å²) in [6.45, 7) is 7.44. The Hall–Kier alpha value is -1.66. The Bertz CT molecular complexity index is 590. The van der Waals surface area contributed by atoms with E-state index < -0.39 is 0 Å². The van der Waals surface area contributed by atoms with Crippen LogP contribution in [0.1, 0.15) is 10.7 Å². The largest absolute Gasteiger partial charge is 0.481 e. The highest BCUT2D eigenvalue weighted by Gasteiger charge is 2.17. The number of ether oxygens (including phenoxy) is 1. The highest BCUT2D eigenvalue weighted by atomic mass is 32.1. The van der Waals surface area contributed by atoms with Crippen LogP contribution in [0.25, 0.3) is 0 Å². The van der Waals surface area contributed by atoms with Crippen LogP contribution < -0.4 is 9.64 Å². The van der Waals surface area contributed by atoms with E-state index in [4.69, 9.17) is 4.74 Å². The highest BCUT2D eigenvalue weighted by Crippen LogP contribution is 2.18. The van der Waals surface area contributed by atoms with Crippen molar-refractivity contribution in [2.45, 2.75) is 13.3 Å². The summed E-state index contributed by atoms with van der Waals surface area (Å²) in [6, 6.07) is 4.01. The molecular weight excluding hydrogens is 296 g/mol. The predicted octanol–water partition coefficient (Wildman–Crippen LogP) is 2.22. The number of aromatic nitrogens is 2. The molecule has 1 aliphatic rings. The van der Waals surface area contributed by atoms with Crippen molar-refractivity contribution in [2.24, 2.45) is 0 Å². The van der Waals surface area contributed by atoms with Crippen molar-refractivity contribution in [3.05, 3.63) is 34.4 Å². The van der Waals surface area contributed by atoms with E-state index in [-0.39, 0.29) is 0 Å². The molecule has 0 bridgehead atoms. The normalized spacial score (nSPS) is 16.0. The Balaban J connectivity index is 1.47. The molecule has 0 spiro atoms. The third kappa shape index (κ3) is 3.75. The van der Waals surface area contributed by atoms with Gasteiger partial charge in [0.1, 0.15) is 0 Å². The number of pyridine rings is 1. The first kappa shape index (κ1) is 15.2. The maximum Gasteiger partial charge on any atom is 0.213 e. The molecule has 3 rings (SSSR count). The number of anilines is 1. The zero-order valence-corrected chi connectivity index (χ0v) is 14.0. The Labute approximate surface area is 135 Å². The number of methoxy groups -OCH3 is 1. The first-order valence-electron chi connectivity index (χ1n) is 7.63. The van der Waals surface area contributed by atoms with Crippen molar-refractivity contribution < 1.29 is 4.74 Å². The fourth-order valence-corrected chi connectivity index (χ4v) is 3.35. The minimum Gasteiger partial charge on any atom is -0.481 e. The number of nitrogens with zero attached hydrogens (tertiary/aromatic N) is 4. The van der Waals surface area contributed by atoms with Crippen LogP contribution in [0.2, 0.25) is 0 Å². The molecule has 0 amide bonds. The van der Waals surface area contributed by atoms with E-state index in [1.165, 1.54) is 11.4 Å². The Morgan fingerprint density at radius 1 is 1.23 bits per heavy atom. The molecule has 0 atom stereocenters. The lowest BCUT2D eigenvalue weighted by molar-refractivity contribution is 0.260. The number of aryl methyl sites for hydroxylation is 1. The number of hydrogen-bond acceptors (Lipinski definition) is 6. The van der Waals surface area contributed by atoms with Gasteiger partial charge < -0.3 is 9.64 Å². The van der Waals surface area contributed by atoms with Gasteiger partial charge in [-0.3, -0.25) is 4.90 Å². The van der Waals surface area contributed by atoms with Gasteiger partial charge in [-0.25, -0.2) is 9.97 Å². The van der Waals surface area contributed by atoms with Crippen molar-refractivity contribution >= 4 is 17.0 Å². The maximum absolute atomic E-state index is 5.11. The minimum absolute atomic E-state index is 0.668. The second-order valence-corrected chi connectivity index (χ2v) is 6.56. The van der Waals surface area contributed by atoms with Crippen LogP contribution in [0.15, 0.2) is 23.7 Å². The number of rotatable bonds is 5. The molecular formula is C16H22N4OS. The van der Waals surface area contributed by atoms with Gasteiger partial charge in [-0.2, -0.15) is 0 Å². The zero-order valence-electron chi connectivity index (χ0n) is 13.2. The van der Waals surface area contributed by atoms with Gasteiger partial charge in [0.2, 0.25) is 5.88 Å². The Morgan fingerprint density at radius 2 is 2.05 bits per heavy atom. The molecule has 1 saturated heterocycles. The molecule has 0 aliphatic carbocycles. The van der Waals surface area contributed by atoms with Gasteiger partial charge >= 0.3 is 0 Å². The molecule has 118 valence electrons. The van der Waals surface area contributed by atoms with Crippen LogP contribution in [-0.2, 0) is 6.42 Å². The fourth-order valence-electron chi connectivity index (χ4n) is 2.71. The third-order valence-corrected chi connectivity index (χ3v) is 4.84. The number of thiazole rings is 1. The van der Waals surface area contributed by atoms with Crippen molar-refractivity contribution in [1.29, 1.82) is 0 Å². The molecule has 1 aliphatic heterocycles. The van der Waals surface area contributed by atoms with E-state index in [1.807, 2.05) is 12.3 Å². The van der Waals surface area contributed by atoms with Gasteiger partial charge in [-0.1, -0.05) is 0 Å². The van der Waals surface area contributed by atoms with Crippen molar-refractivity contribution in [1.82, 2.24) is 14.9 Å². The number of hydrogen-bond donors (Lipinski definition) is 0. The van der Waals surface area contributed by atoms with Crippen LogP contribution >= 0.6 is 11.3 Å².